The molecule has 2 aliphatic heterocycles. The Morgan fingerprint density at radius 2 is 1.89 bits per heavy atom. The van der Waals surface area contributed by atoms with Crippen molar-refractivity contribution >= 4 is 17.4 Å². The summed E-state index contributed by atoms with van der Waals surface area (Å²) >= 11 is 1.27. The number of hydrogen-bond acceptors (Lipinski definition) is 6. The molecule has 7 heteroatoms. The van der Waals surface area contributed by atoms with Gasteiger partial charge in [0.15, 0.2) is 5.69 Å². The summed E-state index contributed by atoms with van der Waals surface area (Å²) in [6.07, 6.45) is 5.88. The summed E-state index contributed by atoms with van der Waals surface area (Å²) < 4.78 is 9.65. The number of likely N-dealkylation sites (tertiary alicyclic amines) is 1. The second-order valence-electron chi connectivity index (χ2n) is 7.95. The van der Waals surface area contributed by atoms with Crippen LogP contribution in [0.3, 0.4) is 0 Å². The summed E-state index contributed by atoms with van der Waals surface area (Å²) in [4.78, 5) is 16.3. The molecule has 2 fully saturated rings. The molecule has 1 aromatic heterocycles. The largest absolute Gasteiger partial charge is 0.381 e. The Bertz CT molecular complexity index is 768. The van der Waals surface area contributed by atoms with E-state index in [4.69, 9.17) is 4.74 Å². The molecule has 0 spiro atoms. The zero-order chi connectivity index (χ0) is 19.2. The van der Waals surface area contributed by atoms with Crippen molar-refractivity contribution < 1.29 is 9.53 Å². The van der Waals surface area contributed by atoms with E-state index in [0.717, 1.165) is 43.0 Å². The summed E-state index contributed by atoms with van der Waals surface area (Å²) in [5.74, 6) is -0.128. The number of nitrogens with one attached hydrogen (secondary N) is 1. The van der Waals surface area contributed by atoms with E-state index in [2.05, 4.69) is 19.8 Å². The zero-order valence-corrected chi connectivity index (χ0v) is 17.0. The van der Waals surface area contributed by atoms with Gasteiger partial charge in [-0.3, -0.25) is 4.79 Å². The summed E-state index contributed by atoms with van der Waals surface area (Å²) in [5, 5.41) is 7.29. The first kappa shape index (κ1) is 19.5. The molecule has 0 unspecified atom stereocenters. The van der Waals surface area contributed by atoms with Crippen molar-refractivity contribution in [2.75, 3.05) is 39.4 Å². The van der Waals surface area contributed by atoms with E-state index in [0.29, 0.717) is 12.2 Å². The molecule has 0 atom stereocenters. The van der Waals surface area contributed by atoms with Gasteiger partial charge in [0.1, 0.15) is 0 Å². The highest BCUT2D eigenvalue weighted by atomic mass is 32.1. The molecular formula is C21H28N4O2S. The number of rotatable bonds is 6. The third-order valence-corrected chi connectivity index (χ3v) is 6.70. The minimum absolute atomic E-state index is 0.0849. The van der Waals surface area contributed by atoms with Crippen LogP contribution in [0.5, 0.6) is 0 Å². The van der Waals surface area contributed by atoms with Gasteiger partial charge in [-0.2, -0.15) is 0 Å². The monoisotopic (exact) mass is 400 g/mol. The van der Waals surface area contributed by atoms with Crippen molar-refractivity contribution in [2.45, 2.75) is 32.1 Å². The lowest BCUT2D eigenvalue weighted by atomic mass is 9.79. The number of benzene rings is 1. The van der Waals surface area contributed by atoms with Gasteiger partial charge in [-0.25, -0.2) is 0 Å². The average molecular weight is 401 g/mol. The van der Waals surface area contributed by atoms with Gasteiger partial charge in [0.2, 0.25) is 0 Å². The minimum atomic E-state index is -0.128. The molecular weight excluding hydrogens is 372 g/mol. The lowest BCUT2D eigenvalue weighted by molar-refractivity contribution is -0.00673. The smallest absolute Gasteiger partial charge is 0.273 e. The predicted molar refractivity (Wildman–Crippen MR) is 110 cm³/mol. The number of amides is 1. The van der Waals surface area contributed by atoms with Crippen molar-refractivity contribution in [3.8, 4) is 10.4 Å². The lowest BCUT2D eigenvalue weighted by Crippen LogP contribution is -2.49. The van der Waals surface area contributed by atoms with Gasteiger partial charge in [-0.1, -0.05) is 41.2 Å². The molecule has 1 amide bonds. The Hall–Kier alpha value is -1.83. The van der Waals surface area contributed by atoms with E-state index in [9.17, 15) is 4.79 Å². The number of aromatic nitrogens is 2. The van der Waals surface area contributed by atoms with E-state index in [-0.39, 0.29) is 11.3 Å². The highest BCUT2D eigenvalue weighted by molar-refractivity contribution is 7.09. The number of carbonyl (C=O) groups is 1. The summed E-state index contributed by atoms with van der Waals surface area (Å²) in [7, 11) is 0. The molecule has 2 saturated heterocycles. The van der Waals surface area contributed by atoms with Crippen molar-refractivity contribution in [2.24, 2.45) is 5.41 Å². The second-order valence-corrected chi connectivity index (χ2v) is 8.70. The summed E-state index contributed by atoms with van der Waals surface area (Å²) in [6.45, 7) is 5.60. The van der Waals surface area contributed by atoms with Crippen LogP contribution in [0.1, 0.15) is 42.6 Å². The molecule has 3 heterocycles. The Balaban J connectivity index is 1.44. The number of nitrogens with zero attached hydrogens (tertiary/aromatic N) is 3. The van der Waals surface area contributed by atoms with Crippen molar-refractivity contribution in [1.29, 1.82) is 0 Å². The van der Waals surface area contributed by atoms with Gasteiger partial charge < -0.3 is 15.0 Å². The van der Waals surface area contributed by atoms with Gasteiger partial charge >= 0.3 is 0 Å². The molecule has 1 N–H and O–H groups in total. The van der Waals surface area contributed by atoms with Crippen LogP contribution in [-0.2, 0) is 4.74 Å². The zero-order valence-electron chi connectivity index (χ0n) is 16.2. The van der Waals surface area contributed by atoms with Gasteiger partial charge in [0.25, 0.3) is 5.91 Å². The van der Waals surface area contributed by atoms with Crippen LogP contribution in [0, 0.1) is 5.41 Å². The molecule has 1 aromatic carbocycles. The van der Waals surface area contributed by atoms with E-state index >= 15 is 0 Å². The molecule has 150 valence electrons. The van der Waals surface area contributed by atoms with Crippen molar-refractivity contribution in [1.82, 2.24) is 19.8 Å². The molecule has 2 aromatic rings. The molecule has 0 aliphatic carbocycles. The first-order chi connectivity index (χ1) is 13.8. The summed E-state index contributed by atoms with van der Waals surface area (Å²) in [5.41, 5.74) is 1.50. The quantitative estimate of drug-likeness (QED) is 0.806. The average Bonchev–Trinajstić information content (AvgIpc) is 3.24. The first-order valence-electron chi connectivity index (χ1n) is 10.2. The van der Waals surface area contributed by atoms with Crippen LogP contribution in [0.15, 0.2) is 30.3 Å². The fourth-order valence-corrected chi connectivity index (χ4v) is 4.92. The maximum absolute atomic E-state index is 12.9. The molecule has 4 rings (SSSR count). The van der Waals surface area contributed by atoms with E-state index in [1.165, 1.54) is 43.9 Å². The Labute approximate surface area is 170 Å². The minimum Gasteiger partial charge on any atom is -0.381 e. The standard InChI is InChI=1S/C21H28N4O2S/c26-20(18-19(28-24-23-18)17-7-3-1-4-8-17)22-15-21(9-13-27-14-10-21)16-25-11-5-2-6-12-25/h1,3-4,7-8H,2,5-6,9-16H2,(H,22,26). The van der Waals surface area contributed by atoms with Crippen LogP contribution in [-0.4, -0.2) is 59.8 Å². The molecule has 2 aliphatic rings. The Morgan fingerprint density at radius 3 is 2.64 bits per heavy atom. The number of hydrogen-bond donors (Lipinski definition) is 1. The lowest BCUT2D eigenvalue weighted by Gasteiger charge is -2.42. The molecule has 0 saturated carbocycles. The van der Waals surface area contributed by atoms with E-state index in [1.807, 2.05) is 30.3 Å². The Morgan fingerprint density at radius 1 is 1.14 bits per heavy atom. The topological polar surface area (TPSA) is 67.4 Å². The van der Waals surface area contributed by atoms with Gasteiger partial charge in [0, 0.05) is 31.7 Å². The molecule has 0 bridgehead atoms. The van der Waals surface area contributed by atoms with Crippen LogP contribution < -0.4 is 5.32 Å². The van der Waals surface area contributed by atoms with Crippen LogP contribution >= 0.6 is 11.5 Å². The molecule has 0 radical (unpaired) electrons. The fraction of sp³-hybridized carbons (Fsp3) is 0.571. The molecule has 28 heavy (non-hydrogen) atoms. The number of piperidine rings is 1. The normalized spacial score (nSPS) is 20.0. The second kappa shape index (κ2) is 9.11. The van der Waals surface area contributed by atoms with Gasteiger partial charge in [0.05, 0.1) is 4.88 Å². The third-order valence-electron chi connectivity index (χ3n) is 5.92. The number of ether oxygens (including phenoxy) is 1. The van der Waals surface area contributed by atoms with Crippen LogP contribution in [0.25, 0.3) is 10.4 Å². The predicted octanol–water partition coefficient (Wildman–Crippen LogP) is 3.22. The maximum atomic E-state index is 12.9. The van der Waals surface area contributed by atoms with E-state index < -0.39 is 0 Å². The third kappa shape index (κ3) is 4.59. The van der Waals surface area contributed by atoms with Gasteiger partial charge in [-0.15, -0.1) is 5.10 Å². The highest BCUT2D eigenvalue weighted by Crippen LogP contribution is 2.32. The van der Waals surface area contributed by atoms with Crippen LogP contribution in [0.4, 0.5) is 0 Å². The summed E-state index contributed by atoms with van der Waals surface area (Å²) in [6, 6.07) is 9.87. The van der Waals surface area contributed by atoms with Crippen LogP contribution in [0.2, 0.25) is 0 Å². The first-order valence-corrected chi connectivity index (χ1v) is 11.0. The molecule has 6 nitrogen and oxygen atoms in total. The maximum Gasteiger partial charge on any atom is 0.273 e. The highest BCUT2D eigenvalue weighted by Gasteiger charge is 2.35. The Kier molecular flexibility index (Phi) is 6.34. The number of carbonyl (C=O) groups excluding carboxylic acids is 1. The fourth-order valence-electron chi connectivity index (χ4n) is 4.26. The SMILES string of the molecule is O=C(NCC1(CN2CCCCC2)CCOCC1)c1nnsc1-c1ccccc1. The van der Waals surface area contributed by atoms with E-state index in [1.54, 1.807) is 0 Å². The van der Waals surface area contributed by atoms with Crippen molar-refractivity contribution in [3.05, 3.63) is 36.0 Å². The van der Waals surface area contributed by atoms with Gasteiger partial charge in [-0.05, 0) is 55.9 Å². The van der Waals surface area contributed by atoms with Crippen molar-refractivity contribution in [3.63, 3.8) is 0 Å².